The van der Waals surface area contributed by atoms with Crippen LogP contribution in [0.3, 0.4) is 0 Å². The number of rotatable bonds is 5. The van der Waals surface area contributed by atoms with E-state index in [9.17, 15) is 5.11 Å². The van der Waals surface area contributed by atoms with Crippen molar-refractivity contribution in [2.24, 2.45) is 5.92 Å². The summed E-state index contributed by atoms with van der Waals surface area (Å²) in [5.41, 5.74) is 0.772. The van der Waals surface area contributed by atoms with Crippen LogP contribution in [0.5, 0.6) is 0 Å². The van der Waals surface area contributed by atoms with Gasteiger partial charge in [-0.1, -0.05) is 13.8 Å². The van der Waals surface area contributed by atoms with E-state index >= 15 is 0 Å². The van der Waals surface area contributed by atoms with Crippen molar-refractivity contribution in [3.05, 3.63) is 40.6 Å². The van der Waals surface area contributed by atoms with Gasteiger partial charge in [0.05, 0.1) is 6.10 Å². The third kappa shape index (κ3) is 3.84. The van der Waals surface area contributed by atoms with Crippen LogP contribution in [0.4, 0.5) is 0 Å². The number of nitrogens with zero attached hydrogens (tertiary/aromatic N) is 4. The van der Waals surface area contributed by atoms with Gasteiger partial charge >= 0.3 is 0 Å². The number of aromatic nitrogens is 4. The van der Waals surface area contributed by atoms with Crippen molar-refractivity contribution in [1.82, 2.24) is 19.7 Å². The van der Waals surface area contributed by atoms with Crippen LogP contribution in [0, 0.1) is 5.92 Å². The standard InChI is InChI=1S/C13H17BrN4O/c1-9(2)7-18-13(16-8-17-18)4-12(19)10-3-11(14)6-15-5-10/h3,5-6,8-9,12,19H,4,7H2,1-2H3. The number of pyridine rings is 1. The minimum Gasteiger partial charge on any atom is -0.388 e. The van der Waals surface area contributed by atoms with E-state index in [2.05, 4.69) is 44.8 Å². The minimum atomic E-state index is -0.625. The van der Waals surface area contributed by atoms with Gasteiger partial charge in [-0.15, -0.1) is 0 Å². The van der Waals surface area contributed by atoms with E-state index in [-0.39, 0.29) is 0 Å². The molecule has 0 amide bonds. The van der Waals surface area contributed by atoms with Crippen LogP contribution in [0.15, 0.2) is 29.3 Å². The first-order chi connectivity index (χ1) is 9.06. The van der Waals surface area contributed by atoms with E-state index < -0.39 is 6.10 Å². The SMILES string of the molecule is CC(C)Cn1ncnc1CC(O)c1cncc(Br)c1. The molecule has 2 aromatic heterocycles. The molecule has 1 atom stereocenters. The summed E-state index contributed by atoms with van der Waals surface area (Å²) < 4.78 is 2.70. The van der Waals surface area contributed by atoms with Gasteiger partial charge in [0.1, 0.15) is 12.2 Å². The molecule has 1 N–H and O–H groups in total. The highest BCUT2D eigenvalue weighted by atomic mass is 79.9. The highest BCUT2D eigenvalue weighted by Gasteiger charge is 2.14. The van der Waals surface area contributed by atoms with E-state index in [1.54, 1.807) is 12.4 Å². The first kappa shape index (κ1) is 14.1. The van der Waals surface area contributed by atoms with Gasteiger partial charge in [-0.05, 0) is 27.9 Å². The van der Waals surface area contributed by atoms with Crippen molar-refractivity contribution < 1.29 is 5.11 Å². The van der Waals surface area contributed by atoms with Gasteiger partial charge in [-0.3, -0.25) is 4.98 Å². The van der Waals surface area contributed by atoms with Crippen LogP contribution in [0.1, 0.15) is 31.3 Å². The Bertz CT molecular complexity index is 541. The molecular weight excluding hydrogens is 308 g/mol. The van der Waals surface area contributed by atoms with Crippen LogP contribution in [0.25, 0.3) is 0 Å². The fourth-order valence-corrected chi connectivity index (χ4v) is 2.23. The molecule has 0 spiro atoms. The molecular formula is C13H17BrN4O. The van der Waals surface area contributed by atoms with E-state index in [0.29, 0.717) is 12.3 Å². The lowest BCUT2D eigenvalue weighted by Crippen LogP contribution is -2.13. The molecule has 5 nitrogen and oxygen atoms in total. The Labute approximate surface area is 120 Å². The van der Waals surface area contributed by atoms with Crippen molar-refractivity contribution in [3.63, 3.8) is 0 Å². The lowest BCUT2D eigenvalue weighted by Gasteiger charge is -2.12. The quantitative estimate of drug-likeness (QED) is 0.917. The van der Waals surface area contributed by atoms with E-state index in [0.717, 1.165) is 22.4 Å². The van der Waals surface area contributed by atoms with Crippen molar-refractivity contribution in [1.29, 1.82) is 0 Å². The van der Waals surface area contributed by atoms with E-state index in [1.807, 2.05) is 10.7 Å². The molecule has 0 radical (unpaired) electrons. The summed E-state index contributed by atoms with van der Waals surface area (Å²) in [5.74, 6) is 1.28. The van der Waals surface area contributed by atoms with Crippen molar-refractivity contribution in [3.8, 4) is 0 Å². The second kappa shape index (κ2) is 6.25. The number of hydrogen-bond acceptors (Lipinski definition) is 4. The minimum absolute atomic E-state index is 0.435. The van der Waals surface area contributed by atoms with Gasteiger partial charge in [-0.25, -0.2) is 9.67 Å². The van der Waals surface area contributed by atoms with Gasteiger partial charge in [0.2, 0.25) is 0 Å². The molecule has 0 aliphatic heterocycles. The molecule has 2 rings (SSSR count). The normalized spacial score (nSPS) is 12.9. The van der Waals surface area contributed by atoms with Crippen LogP contribution >= 0.6 is 15.9 Å². The maximum Gasteiger partial charge on any atom is 0.138 e. The average molecular weight is 325 g/mol. The topological polar surface area (TPSA) is 63.8 Å². The second-order valence-corrected chi connectivity index (χ2v) is 5.82. The zero-order chi connectivity index (χ0) is 13.8. The maximum atomic E-state index is 10.2. The second-order valence-electron chi connectivity index (χ2n) is 4.91. The van der Waals surface area contributed by atoms with Gasteiger partial charge in [0, 0.05) is 35.4 Å². The first-order valence-electron chi connectivity index (χ1n) is 6.21. The fraction of sp³-hybridized carbons (Fsp3) is 0.462. The molecule has 0 bridgehead atoms. The molecule has 0 aliphatic carbocycles. The van der Waals surface area contributed by atoms with Gasteiger partial charge in [-0.2, -0.15) is 5.10 Å². The Kier molecular flexibility index (Phi) is 4.66. The predicted octanol–water partition coefficient (Wildman–Crippen LogP) is 2.37. The molecule has 0 saturated carbocycles. The van der Waals surface area contributed by atoms with Crippen molar-refractivity contribution in [2.75, 3.05) is 0 Å². The molecule has 2 aromatic rings. The van der Waals surface area contributed by atoms with Gasteiger partial charge in [0.15, 0.2) is 0 Å². The lowest BCUT2D eigenvalue weighted by atomic mass is 10.1. The molecule has 0 aliphatic rings. The summed E-state index contributed by atoms with van der Waals surface area (Å²) >= 11 is 3.35. The maximum absolute atomic E-state index is 10.2. The predicted molar refractivity (Wildman–Crippen MR) is 75.5 cm³/mol. The van der Waals surface area contributed by atoms with E-state index in [4.69, 9.17) is 0 Å². The van der Waals surface area contributed by atoms with Crippen LogP contribution in [-0.4, -0.2) is 24.9 Å². The zero-order valence-electron chi connectivity index (χ0n) is 11.0. The van der Waals surface area contributed by atoms with Gasteiger partial charge < -0.3 is 5.11 Å². The average Bonchev–Trinajstić information content (AvgIpc) is 2.75. The van der Waals surface area contributed by atoms with E-state index in [1.165, 1.54) is 6.33 Å². The lowest BCUT2D eigenvalue weighted by molar-refractivity contribution is 0.173. The number of hydrogen-bond donors (Lipinski definition) is 1. The van der Waals surface area contributed by atoms with Crippen molar-refractivity contribution >= 4 is 15.9 Å². The monoisotopic (exact) mass is 324 g/mol. The molecule has 0 saturated heterocycles. The molecule has 1 unspecified atom stereocenters. The Balaban J connectivity index is 2.10. The number of aliphatic hydroxyl groups excluding tert-OH is 1. The summed E-state index contributed by atoms with van der Waals surface area (Å²) in [6, 6.07) is 1.86. The Morgan fingerprint density at radius 3 is 2.84 bits per heavy atom. The van der Waals surface area contributed by atoms with Crippen LogP contribution in [-0.2, 0) is 13.0 Å². The highest BCUT2D eigenvalue weighted by Crippen LogP contribution is 2.19. The van der Waals surface area contributed by atoms with Gasteiger partial charge in [0.25, 0.3) is 0 Å². The third-order valence-corrected chi connectivity index (χ3v) is 3.15. The van der Waals surface area contributed by atoms with Crippen LogP contribution in [0.2, 0.25) is 0 Å². The molecule has 2 heterocycles. The largest absolute Gasteiger partial charge is 0.388 e. The Hall–Kier alpha value is -1.27. The Morgan fingerprint density at radius 2 is 2.16 bits per heavy atom. The molecule has 0 fully saturated rings. The summed E-state index contributed by atoms with van der Waals surface area (Å²) in [7, 11) is 0. The summed E-state index contributed by atoms with van der Waals surface area (Å²) in [5, 5.41) is 14.4. The number of aliphatic hydroxyl groups is 1. The third-order valence-electron chi connectivity index (χ3n) is 2.72. The summed E-state index contributed by atoms with van der Waals surface area (Å²) in [4.78, 5) is 8.27. The smallest absolute Gasteiger partial charge is 0.138 e. The molecule has 6 heteroatoms. The van der Waals surface area contributed by atoms with Crippen molar-refractivity contribution in [2.45, 2.75) is 32.9 Å². The zero-order valence-corrected chi connectivity index (χ0v) is 12.6. The summed E-state index contributed by atoms with van der Waals surface area (Å²) in [6.07, 6.45) is 4.70. The molecule has 0 aromatic carbocycles. The molecule has 102 valence electrons. The molecule has 19 heavy (non-hydrogen) atoms. The number of halogens is 1. The first-order valence-corrected chi connectivity index (χ1v) is 7.00. The highest BCUT2D eigenvalue weighted by molar-refractivity contribution is 9.10. The Morgan fingerprint density at radius 1 is 1.37 bits per heavy atom. The fourth-order valence-electron chi connectivity index (χ4n) is 1.85. The summed E-state index contributed by atoms with van der Waals surface area (Å²) in [6.45, 7) is 5.05. The van der Waals surface area contributed by atoms with Crippen LogP contribution < -0.4 is 0 Å².